The molecule has 0 radical (unpaired) electrons. The molecule has 0 aromatic heterocycles. The Kier molecular flexibility index (Phi) is 4.30. The molecule has 1 aliphatic heterocycles. The summed E-state index contributed by atoms with van der Waals surface area (Å²) in [6.45, 7) is 5.52. The molecule has 0 aliphatic carbocycles. The van der Waals surface area contributed by atoms with Crippen molar-refractivity contribution in [3.05, 3.63) is 28.8 Å². The van der Waals surface area contributed by atoms with Gasteiger partial charge in [-0.05, 0) is 57.5 Å². The van der Waals surface area contributed by atoms with Gasteiger partial charge in [0.05, 0.1) is 10.7 Å². The van der Waals surface area contributed by atoms with Crippen molar-refractivity contribution in [3.8, 4) is 0 Å². The number of nitrogens with one attached hydrogen (secondary N) is 1. The largest absolute Gasteiger partial charge is 0.384 e. The first kappa shape index (κ1) is 12.7. The highest BCUT2D eigenvalue weighted by Crippen LogP contribution is 2.26. The number of likely N-dealkylation sites (tertiary alicyclic amines) is 1. The van der Waals surface area contributed by atoms with Crippen LogP contribution in [0.4, 0.5) is 5.69 Å². The maximum atomic E-state index is 6.26. The number of halogens is 1. The van der Waals surface area contributed by atoms with Crippen LogP contribution in [-0.2, 0) is 0 Å². The van der Waals surface area contributed by atoms with Crippen LogP contribution in [-0.4, -0.2) is 31.6 Å². The molecule has 1 fully saturated rings. The van der Waals surface area contributed by atoms with Gasteiger partial charge in [-0.2, -0.15) is 0 Å². The van der Waals surface area contributed by atoms with Crippen LogP contribution in [0.25, 0.3) is 0 Å². The topological polar surface area (TPSA) is 15.3 Å². The van der Waals surface area contributed by atoms with E-state index in [1.165, 1.54) is 25.9 Å². The van der Waals surface area contributed by atoms with Crippen LogP contribution in [0.3, 0.4) is 0 Å². The zero-order valence-corrected chi connectivity index (χ0v) is 11.4. The molecule has 94 valence electrons. The minimum Gasteiger partial charge on any atom is -0.384 e. The molecule has 2 nitrogen and oxygen atoms in total. The highest BCUT2D eigenvalue weighted by molar-refractivity contribution is 6.33. The minimum absolute atomic E-state index is 0.780. The van der Waals surface area contributed by atoms with Crippen molar-refractivity contribution >= 4 is 17.3 Å². The predicted molar refractivity (Wildman–Crippen MR) is 74.9 cm³/mol. The molecule has 0 atom stereocenters. The molecule has 17 heavy (non-hydrogen) atoms. The van der Waals surface area contributed by atoms with E-state index < -0.39 is 0 Å². The number of piperidine rings is 1. The second kappa shape index (κ2) is 5.74. The van der Waals surface area contributed by atoms with Crippen molar-refractivity contribution in [3.63, 3.8) is 0 Å². The van der Waals surface area contributed by atoms with E-state index in [-0.39, 0.29) is 0 Å². The summed E-state index contributed by atoms with van der Waals surface area (Å²) in [6, 6.07) is 6.16. The highest BCUT2D eigenvalue weighted by atomic mass is 35.5. The Hall–Kier alpha value is -0.730. The number of hydrogen-bond donors (Lipinski definition) is 1. The van der Waals surface area contributed by atoms with E-state index in [9.17, 15) is 0 Å². The van der Waals surface area contributed by atoms with Gasteiger partial charge in [0, 0.05) is 6.54 Å². The van der Waals surface area contributed by atoms with Gasteiger partial charge in [0.1, 0.15) is 0 Å². The second-order valence-electron chi connectivity index (χ2n) is 5.06. The van der Waals surface area contributed by atoms with Gasteiger partial charge in [0.25, 0.3) is 0 Å². The molecule has 1 N–H and O–H groups in total. The molecule has 0 bridgehead atoms. The normalized spacial score (nSPS) is 18.3. The Morgan fingerprint density at radius 1 is 1.35 bits per heavy atom. The highest BCUT2D eigenvalue weighted by Gasteiger charge is 2.16. The summed E-state index contributed by atoms with van der Waals surface area (Å²) in [5.41, 5.74) is 2.21. The summed E-state index contributed by atoms with van der Waals surface area (Å²) in [7, 11) is 2.20. The van der Waals surface area contributed by atoms with E-state index in [4.69, 9.17) is 11.6 Å². The summed E-state index contributed by atoms with van der Waals surface area (Å²) in [6.07, 6.45) is 2.57. The van der Waals surface area contributed by atoms with Gasteiger partial charge in [0.2, 0.25) is 0 Å². The number of anilines is 1. The average Bonchev–Trinajstić information content (AvgIpc) is 2.33. The van der Waals surface area contributed by atoms with Gasteiger partial charge in [0.15, 0.2) is 0 Å². The third-order valence-electron chi connectivity index (χ3n) is 3.61. The first-order chi connectivity index (χ1) is 8.16. The smallest absolute Gasteiger partial charge is 0.0666 e. The monoisotopic (exact) mass is 252 g/mol. The summed E-state index contributed by atoms with van der Waals surface area (Å²) in [4.78, 5) is 2.40. The van der Waals surface area contributed by atoms with Crippen LogP contribution in [0.15, 0.2) is 18.2 Å². The molecule has 0 saturated carbocycles. The van der Waals surface area contributed by atoms with Crippen molar-refractivity contribution in [2.75, 3.05) is 32.0 Å². The van der Waals surface area contributed by atoms with Crippen LogP contribution in [0.1, 0.15) is 18.4 Å². The number of benzene rings is 1. The molecule has 0 amide bonds. The maximum Gasteiger partial charge on any atom is 0.0666 e. The Morgan fingerprint density at radius 3 is 2.76 bits per heavy atom. The molecule has 2 rings (SSSR count). The molecule has 3 heteroatoms. The molecule has 1 heterocycles. The fourth-order valence-electron chi connectivity index (χ4n) is 2.30. The van der Waals surface area contributed by atoms with Gasteiger partial charge < -0.3 is 10.2 Å². The quantitative estimate of drug-likeness (QED) is 0.887. The number of rotatable bonds is 3. The fourth-order valence-corrected chi connectivity index (χ4v) is 2.50. The fraction of sp³-hybridized carbons (Fsp3) is 0.571. The first-order valence-electron chi connectivity index (χ1n) is 6.34. The van der Waals surface area contributed by atoms with Gasteiger partial charge in [-0.1, -0.05) is 23.7 Å². The number of nitrogens with zero attached hydrogens (tertiary/aromatic N) is 1. The van der Waals surface area contributed by atoms with Crippen molar-refractivity contribution < 1.29 is 0 Å². The second-order valence-corrected chi connectivity index (χ2v) is 5.44. The zero-order valence-electron chi connectivity index (χ0n) is 10.7. The molecule has 1 aromatic rings. The van der Waals surface area contributed by atoms with E-state index in [0.29, 0.717) is 0 Å². The lowest BCUT2D eigenvalue weighted by Crippen LogP contribution is -2.32. The van der Waals surface area contributed by atoms with Crippen molar-refractivity contribution in [1.82, 2.24) is 4.90 Å². The van der Waals surface area contributed by atoms with Crippen LogP contribution in [0.5, 0.6) is 0 Å². The Morgan fingerprint density at radius 2 is 2.06 bits per heavy atom. The molecule has 1 aliphatic rings. The Bertz CT molecular complexity index is 370. The minimum atomic E-state index is 0.780. The summed E-state index contributed by atoms with van der Waals surface area (Å²) in [5.74, 6) is 0.780. The van der Waals surface area contributed by atoms with Gasteiger partial charge in [-0.3, -0.25) is 0 Å². The Labute approximate surface area is 109 Å². The summed E-state index contributed by atoms with van der Waals surface area (Å²) >= 11 is 6.26. The molecule has 1 saturated heterocycles. The average molecular weight is 253 g/mol. The van der Waals surface area contributed by atoms with E-state index in [2.05, 4.69) is 29.4 Å². The summed E-state index contributed by atoms with van der Waals surface area (Å²) in [5, 5.41) is 4.35. The van der Waals surface area contributed by atoms with Crippen LogP contribution in [0, 0.1) is 12.8 Å². The third-order valence-corrected chi connectivity index (χ3v) is 4.11. The van der Waals surface area contributed by atoms with Crippen LogP contribution < -0.4 is 5.32 Å². The van der Waals surface area contributed by atoms with E-state index in [1.54, 1.807) is 0 Å². The lowest BCUT2D eigenvalue weighted by molar-refractivity contribution is 0.226. The summed E-state index contributed by atoms with van der Waals surface area (Å²) < 4.78 is 0. The standard InChI is InChI=1S/C14H21ClN2/c1-11-4-3-5-13(14(11)15)16-10-12-6-8-17(2)9-7-12/h3-5,12,16H,6-10H2,1-2H3. The van der Waals surface area contributed by atoms with E-state index in [1.807, 2.05) is 13.0 Å². The van der Waals surface area contributed by atoms with E-state index >= 15 is 0 Å². The zero-order chi connectivity index (χ0) is 12.3. The van der Waals surface area contributed by atoms with Gasteiger partial charge >= 0.3 is 0 Å². The first-order valence-corrected chi connectivity index (χ1v) is 6.72. The Balaban J connectivity index is 1.87. The molecule has 0 unspecified atom stereocenters. The number of hydrogen-bond acceptors (Lipinski definition) is 2. The van der Waals surface area contributed by atoms with Crippen molar-refractivity contribution in [2.24, 2.45) is 5.92 Å². The predicted octanol–water partition coefficient (Wildman–Crippen LogP) is 3.40. The third kappa shape index (κ3) is 3.36. The lowest BCUT2D eigenvalue weighted by atomic mass is 9.97. The van der Waals surface area contributed by atoms with Crippen LogP contribution >= 0.6 is 11.6 Å². The maximum absolute atomic E-state index is 6.26. The van der Waals surface area contributed by atoms with E-state index in [0.717, 1.165) is 28.7 Å². The molecule has 1 aromatic carbocycles. The van der Waals surface area contributed by atoms with Gasteiger partial charge in [-0.15, -0.1) is 0 Å². The van der Waals surface area contributed by atoms with Crippen molar-refractivity contribution in [2.45, 2.75) is 19.8 Å². The molecular formula is C14H21ClN2. The lowest BCUT2D eigenvalue weighted by Gasteiger charge is -2.29. The van der Waals surface area contributed by atoms with Crippen molar-refractivity contribution in [1.29, 1.82) is 0 Å². The van der Waals surface area contributed by atoms with Crippen LogP contribution in [0.2, 0.25) is 5.02 Å². The SMILES string of the molecule is Cc1cccc(NCC2CCN(C)CC2)c1Cl. The van der Waals surface area contributed by atoms with Gasteiger partial charge in [-0.25, -0.2) is 0 Å². The number of aryl methyl sites for hydroxylation is 1. The molecular weight excluding hydrogens is 232 g/mol. The molecule has 0 spiro atoms.